The van der Waals surface area contributed by atoms with Gasteiger partial charge in [-0.2, -0.15) is 0 Å². The van der Waals surface area contributed by atoms with Gasteiger partial charge in [0.25, 0.3) is 0 Å². The van der Waals surface area contributed by atoms with Crippen LogP contribution in [0.25, 0.3) is 16.5 Å². The molecule has 0 aliphatic heterocycles. The van der Waals surface area contributed by atoms with Crippen molar-refractivity contribution in [2.45, 2.75) is 6.42 Å². The fraction of sp³-hybridized carbons (Fsp3) is 0.222. The second kappa shape index (κ2) is 6.18. The standard InChI is InChI=1S/C9H9BrN4/c10-9-5-8(6-12-7-9)3-1-2-4-13-14-11/h1,3,5-7H,2,4H2. The number of aromatic nitrogens is 1. The molecule has 1 rings (SSSR count). The number of azide groups is 1. The molecule has 0 N–H and O–H groups in total. The smallest absolute Gasteiger partial charge is 0.0410 e. The third-order valence-corrected chi connectivity index (χ3v) is 1.93. The van der Waals surface area contributed by atoms with Gasteiger partial charge in [0.1, 0.15) is 0 Å². The van der Waals surface area contributed by atoms with Gasteiger partial charge in [0, 0.05) is 28.3 Å². The Bertz CT molecular complexity index is 369. The lowest BCUT2D eigenvalue weighted by Gasteiger charge is -1.92. The molecule has 0 saturated heterocycles. The fourth-order valence-electron chi connectivity index (χ4n) is 0.916. The molecule has 0 aromatic carbocycles. The minimum atomic E-state index is 0.494. The Hall–Kier alpha value is -1.32. The van der Waals surface area contributed by atoms with Crippen molar-refractivity contribution in [3.8, 4) is 0 Å². The van der Waals surface area contributed by atoms with E-state index in [0.717, 1.165) is 16.5 Å². The molecular weight excluding hydrogens is 244 g/mol. The molecule has 14 heavy (non-hydrogen) atoms. The molecule has 72 valence electrons. The molecule has 0 amide bonds. The molecule has 0 aliphatic rings. The zero-order valence-electron chi connectivity index (χ0n) is 7.47. The van der Waals surface area contributed by atoms with Gasteiger partial charge in [0.2, 0.25) is 0 Å². The predicted molar refractivity (Wildman–Crippen MR) is 59.6 cm³/mol. The Labute approximate surface area is 90.4 Å². The van der Waals surface area contributed by atoms with Crippen LogP contribution in [0.5, 0.6) is 0 Å². The lowest BCUT2D eigenvalue weighted by Crippen LogP contribution is -1.77. The molecule has 0 radical (unpaired) electrons. The second-order valence-electron chi connectivity index (χ2n) is 2.58. The summed E-state index contributed by atoms with van der Waals surface area (Å²) < 4.78 is 0.953. The summed E-state index contributed by atoms with van der Waals surface area (Å²) in [5.41, 5.74) is 9.07. The van der Waals surface area contributed by atoms with Crippen molar-refractivity contribution in [3.05, 3.63) is 45.0 Å². The highest BCUT2D eigenvalue weighted by Crippen LogP contribution is 2.10. The first-order chi connectivity index (χ1) is 6.83. The summed E-state index contributed by atoms with van der Waals surface area (Å²) in [5, 5.41) is 3.42. The summed E-state index contributed by atoms with van der Waals surface area (Å²) >= 11 is 3.33. The van der Waals surface area contributed by atoms with Crippen molar-refractivity contribution in [1.82, 2.24) is 4.98 Å². The summed E-state index contributed by atoms with van der Waals surface area (Å²) in [5.74, 6) is 0. The minimum Gasteiger partial charge on any atom is -0.263 e. The number of rotatable bonds is 4. The van der Waals surface area contributed by atoms with E-state index in [1.807, 2.05) is 18.2 Å². The highest BCUT2D eigenvalue weighted by Gasteiger charge is 1.88. The van der Waals surface area contributed by atoms with Crippen LogP contribution in [0.2, 0.25) is 0 Å². The Morgan fingerprint density at radius 3 is 3.14 bits per heavy atom. The van der Waals surface area contributed by atoms with E-state index >= 15 is 0 Å². The van der Waals surface area contributed by atoms with Crippen molar-refractivity contribution in [2.24, 2.45) is 5.11 Å². The van der Waals surface area contributed by atoms with Crippen LogP contribution in [0.15, 0.2) is 34.1 Å². The van der Waals surface area contributed by atoms with Crippen molar-refractivity contribution in [2.75, 3.05) is 6.54 Å². The van der Waals surface area contributed by atoms with Crippen LogP contribution >= 0.6 is 15.9 Å². The zero-order valence-corrected chi connectivity index (χ0v) is 9.05. The molecule has 0 fully saturated rings. The van der Waals surface area contributed by atoms with Crippen molar-refractivity contribution in [3.63, 3.8) is 0 Å². The van der Waals surface area contributed by atoms with Gasteiger partial charge in [0.05, 0.1) is 0 Å². The Balaban J connectivity index is 2.47. The molecule has 0 saturated carbocycles. The van der Waals surface area contributed by atoms with Crippen LogP contribution in [0.4, 0.5) is 0 Å². The SMILES string of the molecule is [N-]=[N+]=NCCC=Cc1cncc(Br)c1. The van der Waals surface area contributed by atoms with Gasteiger partial charge in [-0.25, -0.2) is 0 Å². The maximum Gasteiger partial charge on any atom is 0.0410 e. The van der Waals surface area contributed by atoms with Gasteiger partial charge >= 0.3 is 0 Å². The van der Waals surface area contributed by atoms with Crippen LogP contribution in [0.3, 0.4) is 0 Å². The Morgan fingerprint density at radius 1 is 1.57 bits per heavy atom. The van der Waals surface area contributed by atoms with E-state index in [2.05, 4.69) is 30.9 Å². The first-order valence-corrected chi connectivity index (χ1v) is 4.90. The van der Waals surface area contributed by atoms with Crippen LogP contribution < -0.4 is 0 Å². The highest BCUT2D eigenvalue weighted by molar-refractivity contribution is 9.10. The van der Waals surface area contributed by atoms with E-state index in [0.29, 0.717) is 6.54 Å². The second-order valence-corrected chi connectivity index (χ2v) is 3.50. The normalized spacial score (nSPS) is 10.1. The third-order valence-electron chi connectivity index (χ3n) is 1.50. The molecule has 1 heterocycles. The van der Waals surface area contributed by atoms with Crippen LogP contribution in [0, 0.1) is 0 Å². The van der Waals surface area contributed by atoms with Gasteiger partial charge in [0.15, 0.2) is 0 Å². The first-order valence-electron chi connectivity index (χ1n) is 4.11. The minimum absolute atomic E-state index is 0.494. The fourth-order valence-corrected chi connectivity index (χ4v) is 1.30. The highest BCUT2D eigenvalue weighted by atomic mass is 79.9. The van der Waals surface area contributed by atoms with E-state index in [1.54, 1.807) is 12.4 Å². The molecule has 0 aliphatic carbocycles. The average Bonchev–Trinajstić information content (AvgIpc) is 2.18. The first kappa shape index (κ1) is 10.8. The van der Waals surface area contributed by atoms with E-state index in [9.17, 15) is 0 Å². The zero-order chi connectivity index (χ0) is 10.2. The summed E-state index contributed by atoms with van der Waals surface area (Å²) in [7, 11) is 0. The Morgan fingerprint density at radius 2 is 2.43 bits per heavy atom. The van der Waals surface area contributed by atoms with Crippen LogP contribution in [-0.4, -0.2) is 11.5 Å². The molecular formula is C9H9BrN4. The van der Waals surface area contributed by atoms with Gasteiger partial charge in [-0.3, -0.25) is 4.98 Å². The number of hydrogen-bond donors (Lipinski definition) is 0. The van der Waals surface area contributed by atoms with E-state index in [-0.39, 0.29) is 0 Å². The molecule has 5 heteroatoms. The van der Waals surface area contributed by atoms with Gasteiger partial charge in [-0.15, -0.1) is 0 Å². The maximum atomic E-state index is 8.04. The topological polar surface area (TPSA) is 61.7 Å². The quantitative estimate of drug-likeness (QED) is 0.350. The lowest BCUT2D eigenvalue weighted by molar-refractivity contribution is 0.995. The average molecular weight is 253 g/mol. The lowest BCUT2D eigenvalue weighted by atomic mass is 10.2. The number of pyridine rings is 1. The van der Waals surface area contributed by atoms with Crippen molar-refractivity contribution in [1.29, 1.82) is 0 Å². The molecule has 1 aromatic heterocycles. The monoisotopic (exact) mass is 252 g/mol. The largest absolute Gasteiger partial charge is 0.263 e. The molecule has 4 nitrogen and oxygen atoms in total. The van der Waals surface area contributed by atoms with Crippen LogP contribution in [0.1, 0.15) is 12.0 Å². The summed E-state index contributed by atoms with van der Waals surface area (Å²) in [6, 6.07) is 1.97. The maximum absolute atomic E-state index is 8.04. The van der Waals surface area contributed by atoms with E-state index < -0.39 is 0 Å². The van der Waals surface area contributed by atoms with E-state index in [4.69, 9.17) is 5.53 Å². The van der Waals surface area contributed by atoms with Gasteiger partial charge in [-0.1, -0.05) is 17.3 Å². The summed E-state index contributed by atoms with van der Waals surface area (Å²) in [6.07, 6.45) is 8.16. The van der Waals surface area contributed by atoms with Crippen molar-refractivity contribution >= 4 is 22.0 Å². The third kappa shape index (κ3) is 4.07. The number of hydrogen-bond acceptors (Lipinski definition) is 2. The molecule has 0 spiro atoms. The number of halogens is 1. The van der Waals surface area contributed by atoms with Crippen LogP contribution in [-0.2, 0) is 0 Å². The van der Waals surface area contributed by atoms with Gasteiger partial charge < -0.3 is 0 Å². The summed E-state index contributed by atoms with van der Waals surface area (Å²) in [6.45, 7) is 0.494. The molecule has 0 unspecified atom stereocenters. The molecule has 0 atom stereocenters. The molecule has 0 bridgehead atoms. The van der Waals surface area contributed by atoms with Crippen molar-refractivity contribution < 1.29 is 0 Å². The Kier molecular flexibility index (Phi) is 4.75. The summed E-state index contributed by atoms with van der Waals surface area (Å²) in [4.78, 5) is 6.68. The predicted octanol–water partition coefficient (Wildman–Crippen LogP) is 3.56. The number of nitrogens with zero attached hydrogens (tertiary/aromatic N) is 4. The molecule has 1 aromatic rings. The van der Waals surface area contributed by atoms with E-state index in [1.165, 1.54) is 0 Å². The van der Waals surface area contributed by atoms with Gasteiger partial charge in [-0.05, 0) is 39.5 Å².